The van der Waals surface area contributed by atoms with Crippen LogP contribution in [0.1, 0.15) is 18.4 Å². The smallest absolute Gasteiger partial charge is 0.290 e. The molecule has 3 aliphatic rings. The molecule has 0 amide bonds. The molecule has 30 heavy (non-hydrogen) atoms. The Bertz CT molecular complexity index is 635. The lowest BCUT2D eigenvalue weighted by Gasteiger charge is -2.43. The summed E-state index contributed by atoms with van der Waals surface area (Å²) >= 11 is 5.98. The first-order valence-electron chi connectivity index (χ1n) is 10.1. The molecule has 1 aromatic rings. The van der Waals surface area contributed by atoms with E-state index in [9.17, 15) is 5.11 Å². The molecule has 3 N–H and O–H groups in total. The molecular formula is C21H31ClN2O6. The number of likely N-dealkylation sites (tertiary alicyclic amines) is 1. The second-order valence-electron chi connectivity index (χ2n) is 7.81. The number of aliphatic hydroxyl groups is 1. The maximum Gasteiger partial charge on any atom is 0.290 e. The number of hydrogen-bond donors (Lipinski definition) is 3. The highest BCUT2D eigenvalue weighted by molar-refractivity contribution is 6.30. The highest BCUT2D eigenvalue weighted by atomic mass is 35.5. The molecule has 9 heteroatoms. The summed E-state index contributed by atoms with van der Waals surface area (Å²) in [5, 5.41) is 25.2. The Kier molecular flexibility index (Phi) is 10.5. The van der Waals surface area contributed by atoms with Gasteiger partial charge in [-0.3, -0.25) is 19.4 Å². The lowest BCUT2D eigenvalue weighted by atomic mass is 9.77. The van der Waals surface area contributed by atoms with Crippen molar-refractivity contribution in [3.8, 4) is 0 Å². The monoisotopic (exact) mass is 442 g/mol. The molecule has 3 fully saturated rings. The van der Waals surface area contributed by atoms with Crippen LogP contribution in [0.4, 0.5) is 0 Å². The van der Waals surface area contributed by atoms with Crippen molar-refractivity contribution >= 4 is 24.5 Å². The number of carbonyl (C=O) groups is 2. The number of nitrogens with zero attached hydrogens (tertiary/aromatic N) is 2. The fourth-order valence-electron chi connectivity index (χ4n) is 4.78. The third-order valence-electron chi connectivity index (χ3n) is 6.02. The van der Waals surface area contributed by atoms with E-state index in [0.29, 0.717) is 17.9 Å². The van der Waals surface area contributed by atoms with Gasteiger partial charge in [-0.1, -0.05) is 23.7 Å². The minimum absolute atomic E-state index is 0.181. The minimum atomic E-state index is -0.250. The van der Waals surface area contributed by atoms with Crippen LogP contribution in [-0.4, -0.2) is 89.6 Å². The first-order chi connectivity index (χ1) is 14.5. The maximum atomic E-state index is 10.7. The molecule has 4 rings (SSSR count). The van der Waals surface area contributed by atoms with E-state index in [0.717, 1.165) is 63.8 Å². The summed E-state index contributed by atoms with van der Waals surface area (Å²) in [6.07, 6.45) is 1.90. The quantitative estimate of drug-likeness (QED) is 0.606. The Balaban J connectivity index is 0.000000480. The molecule has 2 saturated heterocycles. The van der Waals surface area contributed by atoms with Gasteiger partial charge < -0.3 is 20.1 Å². The van der Waals surface area contributed by atoms with Crippen molar-refractivity contribution in [2.24, 2.45) is 11.8 Å². The molecule has 1 aromatic carbocycles. The van der Waals surface area contributed by atoms with E-state index in [-0.39, 0.29) is 19.0 Å². The van der Waals surface area contributed by atoms with Crippen molar-refractivity contribution in [1.29, 1.82) is 0 Å². The van der Waals surface area contributed by atoms with Crippen LogP contribution in [0.5, 0.6) is 0 Å². The van der Waals surface area contributed by atoms with Crippen LogP contribution >= 0.6 is 11.6 Å². The SMILES string of the molecule is O=CO.O=CO.O[C@@H]1C[C@H]2CN(Cc3ccc(Cl)cc3)C[C@H]2C[C@H]1N1CCOCC1. The zero-order valence-electron chi connectivity index (χ0n) is 17.0. The lowest BCUT2D eigenvalue weighted by molar-refractivity contribution is -0.123. The molecule has 168 valence electrons. The van der Waals surface area contributed by atoms with E-state index >= 15 is 0 Å². The molecule has 0 radical (unpaired) electrons. The topological polar surface area (TPSA) is 111 Å². The van der Waals surface area contributed by atoms with E-state index in [4.69, 9.17) is 36.1 Å². The molecule has 1 aliphatic carbocycles. The Hall–Kier alpha value is -1.71. The minimum Gasteiger partial charge on any atom is -0.483 e. The number of rotatable bonds is 3. The highest BCUT2D eigenvalue weighted by Crippen LogP contribution is 2.39. The maximum absolute atomic E-state index is 10.7. The standard InChI is InChI=1S/C19H27ClN2O2.2CH2O2/c20-17-3-1-14(2-4-17)11-21-12-15-9-18(19(23)10-16(15)13-21)22-5-7-24-8-6-22;2*2-1-3/h1-4,15-16,18-19,23H,5-13H2;2*1H,(H,2,3)/t15-,16+,18-,19-;;/m1../s1. The van der Waals surface area contributed by atoms with Gasteiger partial charge in [0.2, 0.25) is 0 Å². The van der Waals surface area contributed by atoms with Gasteiger partial charge in [-0.05, 0) is 42.4 Å². The van der Waals surface area contributed by atoms with Crippen LogP contribution in [0.15, 0.2) is 24.3 Å². The van der Waals surface area contributed by atoms with Gasteiger partial charge in [0.05, 0.1) is 19.3 Å². The van der Waals surface area contributed by atoms with Crippen LogP contribution < -0.4 is 0 Å². The van der Waals surface area contributed by atoms with E-state index < -0.39 is 0 Å². The van der Waals surface area contributed by atoms with Crippen LogP contribution in [0, 0.1) is 11.8 Å². The second-order valence-corrected chi connectivity index (χ2v) is 8.24. The van der Waals surface area contributed by atoms with E-state index in [1.165, 1.54) is 5.56 Å². The zero-order chi connectivity index (χ0) is 21.9. The zero-order valence-corrected chi connectivity index (χ0v) is 17.7. The fraction of sp³-hybridized carbons (Fsp3) is 0.619. The first-order valence-corrected chi connectivity index (χ1v) is 10.5. The summed E-state index contributed by atoms with van der Waals surface area (Å²) in [7, 11) is 0. The number of hydrogen-bond acceptors (Lipinski definition) is 6. The number of fused-ring (bicyclic) bond motifs is 1. The fourth-order valence-corrected chi connectivity index (χ4v) is 4.91. The van der Waals surface area contributed by atoms with Crippen molar-refractivity contribution in [1.82, 2.24) is 9.80 Å². The molecule has 0 bridgehead atoms. The summed E-state index contributed by atoms with van der Waals surface area (Å²) in [6, 6.07) is 8.51. The third kappa shape index (κ3) is 7.21. The Morgan fingerprint density at radius 2 is 1.53 bits per heavy atom. The van der Waals surface area contributed by atoms with Gasteiger partial charge in [0.1, 0.15) is 0 Å². The molecule has 2 heterocycles. The summed E-state index contributed by atoms with van der Waals surface area (Å²) < 4.78 is 5.46. The predicted octanol–water partition coefficient (Wildman–Crippen LogP) is 1.65. The Morgan fingerprint density at radius 3 is 2.10 bits per heavy atom. The summed E-state index contributed by atoms with van der Waals surface area (Å²) in [4.78, 5) is 21.7. The van der Waals surface area contributed by atoms with Crippen molar-refractivity contribution in [3.05, 3.63) is 34.9 Å². The number of morpholine rings is 1. The average Bonchev–Trinajstić information content (AvgIpc) is 3.12. The van der Waals surface area contributed by atoms with Crippen LogP contribution in [0.2, 0.25) is 5.02 Å². The molecule has 0 spiro atoms. The van der Waals surface area contributed by atoms with E-state index in [1.54, 1.807) is 0 Å². The van der Waals surface area contributed by atoms with Gasteiger partial charge in [0, 0.05) is 43.8 Å². The van der Waals surface area contributed by atoms with E-state index in [1.807, 2.05) is 12.1 Å². The predicted molar refractivity (Wildman–Crippen MR) is 113 cm³/mol. The summed E-state index contributed by atoms with van der Waals surface area (Å²) in [6.45, 7) is 6.30. The van der Waals surface area contributed by atoms with Gasteiger partial charge in [-0.2, -0.15) is 0 Å². The van der Waals surface area contributed by atoms with Crippen molar-refractivity contribution in [2.45, 2.75) is 31.5 Å². The van der Waals surface area contributed by atoms with Crippen LogP contribution in [-0.2, 0) is 20.9 Å². The average molecular weight is 443 g/mol. The number of carboxylic acid groups (broad SMARTS) is 2. The van der Waals surface area contributed by atoms with Crippen LogP contribution in [0.3, 0.4) is 0 Å². The highest BCUT2D eigenvalue weighted by Gasteiger charge is 2.43. The molecular weight excluding hydrogens is 412 g/mol. The van der Waals surface area contributed by atoms with E-state index in [2.05, 4.69) is 21.9 Å². The Labute approximate surface area is 182 Å². The number of benzene rings is 1. The number of ether oxygens (including phenoxy) is 1. The third-order valence-corrected chi connectivity index (χ3v) is 6.27. The molecule has 2 aliphatic heterocycles. The van der Waals surface area contributed by atoms with Gasteiger partial charge in [-0.25, -0.2) is 0 Å². The van der Waals surface area contributed by atoms with Crippen molar-refractivity contribution in [3.63, 3.8) is 0 Å². The second kappa shape index (κ2) is 12.9. The summed E-state index contributed by atoms with van der Waals surface area (Å²) in [5.74, 6) is 1.36. The molecule has 4 atom stereocenters. The lowest BCUT2D eigenvalue weighted by Crippen LogP contribution is -2.53. The van der Waals surface area contributed by atoms with Crippen molar-refractivity contribution < 1.29 is 29.6 Å². The molecule has 0 aromatic heterocycles. The first kappa shape index (κ1) is 24.6. The Morgan fingerprint density at radius 1 is 1.00 bits per heavy atom. The molecule has 8 nitrogen and oxygen atoms in total. The van der Waals surface area contributed by atoms with Crippen molar-refractivity contribution in [2.75, 3.05) is 39.4 Å². The molecule has 1 saturated carbocycles. The van der Waals surface area contributed by atoms with Gasteiger partial charge in [0.15, 0.2) is 0 Å². The summed E-state index contributed by atoms with van der Waals surface area (Å²) in [5.41, 5.74) is 1.32. The van der Waals surface area contributed by atoms with Gasteiger partial charge >= 0.3 is 0 Å². The normalized spacial score (nSPS) is 28.9. The largest absolute Gasteiger partial charge is 0.483 e. The van der Waals surface area contributed by atoms with Crippen LogP contribution in [0.25, 0.3) is 0 Å². The van der Waals surface area contributed by atoms with Gasteiger partial charge in [0.25, 0.3) is 12.9 Å². The number of aliphatic hydroxyl groups excluding tert-OH is 1. The molecule has 0 unspecified atom stereocenters. The number of halogens is 1. The van der Waals surface area contributed by atoms with Gasteiger partial charge in [-0.15, -0.1) is 0 Å².